The normalized spacial score (nSPS) is 15.4. The van der Waals surface area contributed by atoms with Gasteiger partial charge in [0, 0.05) is 12.6 Å². The summed E-state index contributed by atoms with van der Waals surface area (Å²) in [6.45, 7) is 1.46. The van der Waals surface area contributed by atoms with E-state index in [-0.39, 0.29) is 12.6 Å². The molecule has 0 aromatic rings. The zero-order chi connectivity index (χ0) is 14.8. The minimum atomic E-state index is -0.650. The van der Waals surface area contributed by atoms with Crippen molar-refractivity contribution in [3.05, 3.63) is 0 Å². The number of carbonyl (C=O) groups is 3. The van der Waals surface area contributed by atoms with Crippen LogP contribution < -0.4 is 10.6 Å². The molecule has 0 spiro atoms. The molecule has 0 atom stereocenters. The first-order chi connectivity index (χ1) is 9.61. The van der Waals surface area contributed by atoms with Crippen LogP contribution >= 0.6 is 0 Å². The molecule has 0 aromatic carbocycles. The summed E-state index contributed by atoms with van der Waals surface area (Å²) in [6.07, 6.45) is 5.24. The highest BCUT2D eigenvalue weighted by molar-refractivity contribution is 5.95. The van der Waals surface area contributed by atoms with Crippen LogP contribution in [0.4, 0.5) is 4.79 Å². The van der Waals surface area contributed by atoms with Crippen molar-refractivity contribution < 1.29 is 23.9 Å². The van der Waals surface area contributed by atoms with Crippen LogP contribution in [0.3, 0.4) is 0 Å². The van der Waals surface area contributed by atoms with Gasteiger partial charge in [-0.3, -0.25) is 10.1 Å². The molecule has 114 valence electrons. The van der Waals surface area contributed by atoms with Gasteiger partial charge in [-0.15, -0.1) is 0 Å². The van der Waals surface area contributed by atoms with Gasteiger partial charge in [-0.25, -0.2) is 9.59 Å². The van der Waals surface area contributed by atoms with Gasteiger partial charge >= 0.3 is 12.0 Å². The molecule has 0 radical (unpaired) electrons. The van der Waals surface area contributed by atoms with E-state index in [1.807, 2.05) is 0 Å². The molecule has 0 unspecified atom stereocenters. The fourth-order valence-electron chi connectivity index (χ4n) is 2.00. The van der Waals surface area contributed by atoms with Crippen molar-refractivity contribution in [3.63, 3.8) is 0 Å². The van der Waals surface area contributed by atoms with E-state index >= 15 is 0 Å². The van der Waals surface area contributed by atoms with Gasteiger partial charge < -0.3 is 14.8 Å². The third-order valence-corrected chi connectivity index (χ3v) is 2.98. The zero-order valence-corrected chi connectivity index (χ0v) is 11.8. The number of ether oxygens (including phenoxy) is 2. The molecule has 1 fully saturated rings. The first kappa shape index (κ1) is 16.4. The van der Waals surface area contributed by atoms with Gasteiger partial charge in [0.15, 0.2) is 6.61 Å². The van der Waals surface area contributed by atoms with Crippen LogP contribution in [0, 0.1) is 0 Å². The Kier molecular flexibility index (Phi) is 7.64. The number of esters is 1. The SMILES string of the molecule is CCOCC(=O)OCC(=O)NC(=O)NC1CCCCC1. The highest BCUT2D eigenvalue weighted by Crippen LogP contribution is 2.16. The number of rotatable bonds is 6. The summed E-state index contributed by atoms with van der Waals surface area (Å²) in [4.78, 5) is 34.0. The van der Waals surface area contributed by atoms with E-state index in [0.717, 1.165) is 25.7 Å². The summed E-state index contributed by atoms with van der Waals surface area (Å²) < 4.78 is 9.46. The minimum Gasteiger partial charge on any atom is -0.454 e. The van der Waals surface area contributed by atoms with E-state index in [2.05, 4.69) is 15.4 Å². The maximum atomic E-state index is 11.5. The summed E-state index contributed by atoms with van der Waals surface area (Å²) in [5.41, 5.74) is 0. The van der Waals surface area contributed by atoms with Crippen LogP contribution in [0.1, 0.15) is 39.0 Å². The van der Waals surface area contributed by atoms with Crippen LogP contribution in [0.2, 0.25) is 0 Å². The fraction of sp³-hybridized carbons (Fsp3) is 0.769. The van der Waals surface area contributed by atoms with Gasteiger partial charge in [0.2, 0.25) is 0 Å². The molecule has 1 aliphatic rings. The highest BCUT2D eigenvalue weighted by atomic mass is 16.6. The Morgan fingerprint density at radius 1 is 1.10 bits per heavy atom. The number of hydrogen-bond donors (Lipinski definition) is 2. The fourth-order valence-corrected chi connectivity index (χ4v) is 2.00. The Balaban J connectivity index is 2.14. The number of urea groups is 1. The Morgan fingerprint density at radius 3 is 2.45 bits per heavy atom. The number of hydrogen-bond acceptors (Lipinski definition) is 5. The molecule has 2 N–H and O–H groups in total. The molecule has 1 aliphatic carbocycles. The number of imide groups is 1. The van der Waals surface area contributed by atoms with Crippen LogP contribution in [0.15, 0.2) is 0 Å². The molecule has 7 heteroatoms. The molecular formula is C13H22N2O5. The van der Waals surface area contributed by atoms with E-state index < -0.39 is 24.5 Å². The summed E-state index contributed by atoms with van der Waals surface area (Å²) in [7, 11) is 0. The quantitative estimate of drug-likeness (QED) is 0.702. The van der Waals surface area contributed by atoms with Crippen LogP contribution in [0.25, 0.3) is 0 Å². The Bertz CT molecular complexity index is 340. The van der Waals surface area contributed by atoms with Crippen molar-refractivity contribution >= 4 is 17.9 Å². The topological polar surface area (TPSA) is 93.7 Å². The van der Waals surface area contributed by atoms with Crippen LogP contribution in [-0.2, 0) is 19.1 Å². The summed E-state index contributed by atoms with van der Waals surface area (Å²) in [6, 6.07) is -0.417. The lowest BCUT2D eigenvalue weighted by Gasteiger charge is -2.22. The van der Waals surface area contributed by atoms with Crippen LogP contribution in [0.5, 0.6) is 0 Å². The van der Waals surface area contributed by atoms with Gasteiger partial charge in [0.1, 0.15) is 6.61 Å². The van der Waals surface area contributed by atoms with E-state index in [4.69, 9.17) is 4.74 Å². The Morgan fingerprint density at radius 2 is 1.80 bits per heavy atom. The van der Waals surface area contributed by atoms with Crippen molar-refractivity contribution in [3.8, 4) is 0 Å². The number of amides is 3. The average molecular weight is 286 g/mol. The molecule has 0 aromatic heterocycles. The maximum Gasteiger partial charge on any atom is 0.332 e. The number of carbonyl (C=O) groups excluding carboxylic acids is 3. The van der Waals surface area contributed by atoms with E-state index in [1.54, 1.807) is 6.92 Å². The second kappa shape index (κ2) is 9.30. The molecule has 0 bridgehead atoms. The summed E-state index contributed by atoms with van der Waals surface area (Å²) in [5.74, 6) is -1.28. The molecule has 1 rings (SSSR count). The average Bonchev–Trinajstić information content (AvgIpc) is 2.43. The predicted molar refractivity (Wildman–Crippen MR) is 71.0 cm³/mol. The third kappa shape index (κ3) is 7.08. The molecule has 20 heavy (non-hydrogen) atoms. The lowest BCUT2D eigenvalue weighted by Crippen LogP contribution is -2.46. The van der Waals surface area contributed by atoms with Crippen molar-refractivity contribution in [1.29, 1.82) is 0 Å². The van der Waals surface area contributed by atoms with Crippen LogP contribution in [-0.4, -0.2) is 43.8 Å². The van der Waals surface area contributed by atoms with E-state index in [1.165, 1.54) is 6.42 Å². The third-order valence-electron chi connectivity index (χ3n) is 2.98. The largest absolute Gasteiger partial charge is 0.454 e. The van der Waals surface area contributed by atoms with Crippen molar-refractivity contribution in [1.82, 2.24) is 10.6 Å². The maximum absolute atomic E-state index is 11.5. The highest BCUT2D eigenvalue weighted by Gasteiger charge is 2.17. The first-order valence-electron chi connectivity index (χ1n) is 6.95. The number of nitrogens with one attached hydrogen (secondary N) is 2. The van der Waals surface area contributed by atoms with Gasteiger partial charge in [-0.05, 0) is 19.8 Å². The van der Waals surface area contributed by atoms with Crippen molar-refractivity contribution in [2.45, 2.75) is 45.1 Å². The molecule has 0 saturated heterocycles. The standard InChI is InChI=1S/C13H22N2O5/c1-2-19-9-12(17)20-8-11(16)15-13(18)14-10-6-4-3-5-7-10/h10H,2-9H2,1H3,(H2,14,15,16,18). The first-order valence-corrected chi connectivity index (χ1v) is 6.95. The monoisotopic (exact) mass is 286 g/mol. The Hall–Kier alpha value is -1.63. The minimum absolute atomic E-state index is 0.122. The smallest absolute Gasteiger partial charge is 0.332 e. The van der Waals surface area contributed by atoms with Crippen molar-refractivity contribution in [2.24, 2.45) is 0 Å². The summed E-state index contributed by atoms with van der Waals surface area (Å²) in [5, 5.41) is 4.87. The van der Waals surface area contributed by atoms with E-state index in [0.29, 0.717) is 6.61 Å². The molecule has 7 nitrogen and oxygen atoms in total. The summed E-state index contributed by atoms with van der Waals surface area (Å²) >= 11 is 0. The van der Waals surface area contributed by atoms with E-state index in [9.17, 15) is 14.4 Å². The van der Waals surface area contributed by atoms with Gasteiger partial charge in [-0.2, -0.15) is 0 Å². The molecular weight excluding hydrogens is 264 g/mol. The van der Waals surface area contributed by atoms with Gasteiger partial charge in [0.05, 0.1) is 0 Å². The lowest BCUT2D eigenvalue weighted by atomic mass is 9.96. The van der Waals surface area contributed by atoms with Gasteiger partial charge in [-0.1, -0.05) is 19.3 Å². The van der Waals surface area contributed by atoms with Crippen molar-refractivity contribution in [2.75, 3.05) is 19.8 Å². The second-order valence-electron chi connectivity index (χ2n) is 4.65. The predicted octanol–water partition coefficient (Wildman–Crippen LogP) is 0.725. The zero-order valence-electron chi connectivity index (χ0n) is 11.8. The second-order valence-corrected chi connectivity index (χ2v) is 4.65. The molecule has 1 saturated carbocycles. The molecule has 3 amide bonds. The lowest BCUT2D eigenvalue weighted by molar-refractivity contribution is -0.152. The Labute approximate surface area is 118 Å². The molecule has 0 heterocycles. The van der Waals surface area contributed by atoms with Gasteiger partial charge in [0.25, 0.3) is 5.91 Å². The molecule has 0 aliphatic heterocycles.